The van der Waals surface area contributed by atoms with Crippen molar-refractivity contribution in [1.82, 2.24) is 10.2 Å². The number of nitrogens with zero attached hydrogens (tertiary/aromatic N) is 1. The van der Waals surface area contributed by atoms with Crippen molar-refractivity contribution in [3.05, 3.63) is 0 Å². The predicted molar refractivity (Wildman–Crippen MR) is 73.7 cm³/mol. The number of nitrogens with one attached hydrogen (secondary N) is 1. The molecule has 0 aromatic rings. The summed E-state index contributed by atoms with van der Waals surface area (Å²) in [5, 5.41) is 3.67. The first kappa shape index (κ1) is 12.9. The van der Waals surface area contributed by atoms with Gasteiger partial charge in [0.15, 0.2) is 0 Å². The largest absolute Gasteiger partial charge is 0.372 e. The minimum absolute atomic E-state index is 0.254. The molecule has 3 rings (SSSR count). The van der Waals surface area contributed by atoms with Crippen molar-refractivity contribution >= 4 is 0 Å². The molecule has 4 atom stereocenters. The van der Waals surface area contributed by atoms with E-state index in [-0.39, 0.29) is 5.54 Å². The maximum absolute atomic E-state index is 5.94. The Labute approximate surface area is 111 Å². The van der Waals surface area contributed by atoms with Crippen LogP contribution >= 0.6 is 0 Å². The number of likely N-dealkylation sites (tertiary alicyclic amines) is 1. The molecule has 3 nitrogen and oxygen atoms in total. The summed E-state index contributed by atoms with van der Waals surface area (Å²) < 4.78 is 5.94. The SMILES string of the molecule is CC(C)(C)NCC1CCC1N1CC2CCC(C1)O2. The van der Waals surface area contributed by atoms with Gasteiger partial charge >= 0.3 is 0 Å². The standard InChI is InChI=1S/C15H28N2O/c1-15(2,3)16-8-11-4-7-14(11)17-9-12-5-6-13(10-17)18-12/h11-14,16H,4-10H2,1-3H3. The highest BCUT2D eigenvalue weighted by molar-refractivity contribution is 4.96. The summed E-state index contributed by atoms with van der Waals surface area (Å²) in [4.78, 5) is 2.73. The Morgan fingerprint density at radius 1 is 1.06 bits per heavy atom. The lowest BCUT2D eigenvalue weighted by Crippen LogP contribution is -2.57. The molecule has 0 radical (unpaired) electrons. The number of ether oxygens (including phenoxy) is 1. The molecule has 4 unspecified atom stereocenters. The molecule has 2 aliphatic heterocycles. The van der Waals surface area contributed by atoms with Crippen LogP contribution in [0, 0.1) is 5.92 Å². The van der Waals surface area contributed by atoms with E-state index in [4.69, 9.17) is 4.74 Å². The second kappa shape index (κ2) is 4.77. The topological polar surface area (TPSA) is 24.5 Å². The molecular formula is C15H28N2O. The molecule has 0 aromatic heterocycles. The monoisotopic (exact) mass is 252 g/mol. The zero-order chi connectivity index (χ0) is 12.8. The molecule has 3 aliphatic rings. The summed E-state index contributed by atoms with van der Waals surface area (Å²) >= 11 is 0. The van der Waals surface area contributed by atoms with Gasteiger partial charge in [-0.1, -0.05) is 0 Å². The zero-order valence-electron chi connectivity index (χ0n) is 12.1. The van der Waals surface area contributed by atoms with Gasteiger partial charge in [0.1, 0.15) is 0 Å². The average molecular weight is 252 g/mol. The summed E-state index contributed by atoms with van der Waals surface area (Å²) in [5.41, 5.74) is 0.254. The van der Waals surface area contributed by atoms with Crippen LogP contribution in [0.1, 0.15) is 46.5 Å². The van der Waals surface area contributed by atoms with Gasteiger partial charge in [0.05, 0.1) is 12.2 Å². The Bertz CT molecular complexity index is 287. The Morgan fingerprint density at radius 3 is 2.22 bits per heavy atom. The van der Waals surface area contributed by atoms with Gasteiger partial charge in [-0.25, -0.2) is 0 Å². The highest BCUT2D eigenvalue weighted by atomic mass is 16.5. The van der Waals surface area contributed by atoms with Gasteiger partial charge in [0.2, 0.25) is 0 Å². The molecule has 1 saturated carbocycles. The van der Waals surface area contributed by atoms with Crippen LogP contribution in [-0.2, 0) is 4.74 Å². The van der Waals surface area contributed by atoms with Crippen molar-refractivity contribution in [3.63, 3.8) is 0 Å². The lowest BCUT2D eigenvalue weighted by Gasteiger charge is -2.48. The highest BCUT2D eigenvalue weighted by Crippen LogP contribution is 2.36. The molecule has 2 bridgehead atoms. The van der Waals surface area contributed by atoms with E-state index in [0.717, 1.165) is 12.0 Å². The van der Waals surface area contributed by atoms with Gasteiger partial charge in [-0.05, 0) is 58.9 Å². The van der Waals surface area contributed by atoms with Crippen LogP contribution in [0.15, 0.2) is 0 Å². The average Bonchev–Trinajstić information content (AvgIpc) is 2.55. The van der Waals surface area contributed by atoms with Crippen molar-refractivity contribution in [2.75, 3.05) is 19.6 Å². The normalized spacial score (nSPS) is 40.8. The van der Waals surface area contributed by atoms with Crippen molar-refractivity contribution < 1.29 is 4.74 Å². The van der Waals surface area contributed by atoms with Gasteiger partial charge in [-0.2, -0.15) is 0 Å². The van der Waals surface area contributed by atoms with Crippen LogP contribution in [0.2, 0.25) is 0 Å². The second-order valence-corrected chi connectivity index (χ2v) is 7.45. The number of fused-ring (bicyclic) bond motifs is 2. The zero-order valence-corrected chi connectivity index (χ0v) is 12.1. The van der Waals surface area contributed by atoms with E-state index in [1.54, 1.807) is 0 Å². The van der Waals surface area contributed by atoms with Crippen molar-refractivity contribution in [2.24, 2.45) is 5.92 Å². The van der Waals surface area contributed by atoms with Crippen LogP contribution in [0.5, 0.6) is 0 Å². The first-order valence-corrected chi connectivity index (χ1v) is 7.66. The van der Waals surface area contributed by atoms with E-state index in [9.17, 15) is 0 Å². The fourth-order valence-electron chi connectivity index (χ4n) is 3.62. The molecule has 0 amide bonds. The van der Waals surface area contributed by atoms with Crippen LogP contribution in [-0.4, -0.2) is 48.3 Å². The molecule has 3 fully saturated rings. The lowest BCUT2D eigenvalue weighted by atomic mass is 9.77. The van der Waals surface area contributed by atoms with Crippen LogP contribution in [0.25, 0.3) is 0 Å². The Morgan fingerprint density at radius 2 is 1.72 bits per heavy atom. The summed E-state index contributed by atoms with van der Waals surface area (Å²) in [5.74, 6) is 0.863. The summed E-state index contributed by atoms with van der Waals surface area (Å²) in [6.07, 6.45) is 6.47. The van der Waals surface area contributed by atoms with Crippen molar-refractivity contribution in [3.8, 4) is 0 Å². The third-order valence-electron chi connectivity index (χ3n) is 4.81. The molecule has 104 valence electrons. The number of rotatable bonds is 3. The minimum Gasteiger partial charge on any atom is -0.372 e. The highest BCUT2D eigenvalue weighted by Gasteiger charge is 2.42. The van der Waals surface area contributed by atoms with Gasteiger partial charge in [0, 0.05) is 24.7 Å². The van der Waals surface area contributed by atoms with E-state index in [1.807, 2.05) is 0 Å². The Hall–Kier alpha value is -0.120. The molecular weight excluding hydrogens is 224 g/mol. The fourth-order valence-corrected chi connectivity index (χ4v) is 3.62. The molecule has 1 aliphatic carbocycles. The smallest absolute Gasteiger partial charge is 0.0707 e. The van der Waals surface area contributed by atoms with E-state index >= 15 is 0 Å². The van der Waals surface area contributed by atoms with Crippen LogP contribution in [0.3, 0.4) is 0 Å². The second-order valence-electron chi connectivity index (χ2n) is 7.45. The van der Waals surface area contributed by atoms with E-state index < -0.39 is 0 Å². The third-order valence-corrected chi connectivity index (χ3v) is 4.81. The lowest BCUT2D eigenvalue weighted by molar-refractivity contribution is -0.0779. The molecule has 1 N–H and O–H groups in total. The van der Waals surface area contributed by atoms with Gasteiger partial charge in [0.25, 0.3) is 0 Å². The van der Waals surface area contributed by atoms with Gasteiger partial charge in [-0.15, -0.1) is 0 Å². The fraction of sp³-hybridized carbons (Fsp3) is 1.00. The van der Waals surface area contributed by atoms with Crippen molar-refractivity contribution in [1.29, 1.82) is 0 Å². The van der Waals surface area contributed by atoms with Gasteiger partial charge < -0.3 is 10.1 Å². The van der Waals surface area contributed by atoms with Gasteiger partial charge in [-0.3, -0.25) is 4.90 Å². The van der Waals surface area contributed by atoms with E-state index in [1.165, 1.54) is 45.3 Å². The summed E-state index contributed by atoms with van der Waals surface area (Å²) in [6, 6.07) is 0.826. The number of hydrogen-bond donors (Lipinski definition) is 1. The number of morpholine rings is 1. The molecule has 2 heterocycles. The molecule has 18 heavy (non-hydrogen) atoms. The van der Waals surface area contributed by atoms with Crippen molar-refractivity contribution in [2.45, 2.75) is 70.2 Å². The van der Waals surface area contributed by atoms with E-state index in [2.05, 4.69) is 31.0 Å². The molecule has 0 spiro atoms. The quantitative estimate of drug-likeness (QED) is 0.831. The van der Waals surface area contributed by atoms with Crippen LogP contribution in [0.4, 0.5) is 0 Å². The van der Waals surface area contributed by atoms with Crippen LogP contribution < -0.4 is 5.32 Å². The first-order valence-electron chi connectivity index (χ1n) is 7.66. The third kappa shape index (κ3) is 2.73. The molecule has 2 saturated heterocycles. The van der Waals surface area contributed by atoms with E-state index in [0.29, 0.717) is 12.2 Å². The molecule has 3 heteroatoms. The molecule has 0 aromatic carbocycles. The summed E-state index contributed by atoms with van der Waals surface area (Å²) in [6.45, 7) is 10.3. The minimum atomic E-state index is 0.254. The summed E-state index contributed by atoms with van der Waals surface area (Å²) in [7, 11) is 0. The number of hydrogen-bond acceptors (Lipinski definition) is 3. The Balaban J connectivity index is 1.51. The predicted octanol–water partition coefficient (Wildman–Crippen LogP) is 2.02. The first-order chi connectivity index (χ1) is 8.51. The Kier molecular flexibility index (Phi) is 3.41. The maximum Gasteiger partial charge on any atom is 0.0707 e. The maximum atomic E-state index is 5.94.